The number of hydrogen-bond donors (Lipinski definition) is 1. The lowest BCUT2D eigenvalue weighted by Gasteiger charge is -2.08. The number of benzene rings is 1. The van der Waals surface area contributed by atoms with Crippen molar-refractivity contribution in [1.82, 2.24) is 19.2 Å². The monoisotopic (exact) mass is 453 g/mol. The van der Waals surface area contributed by atoms with Crippen LogP contribution in [0.4, 0.5) is 5.82 Å². The molecule has 0 unspecified atom stereocenters. The molecule has 0 radical (unpaired) electrons. The summed E-state index contributed by atoms with van der Waals surface area (Å²) in [5.41, 5.74) is 2.30. The molecule has 4 rings (SSSR count). The van der Waals surface area contributed by atoms with Crippen molar-refractivity contribution in [2.75, 3.05) is 25.6 Å². The fourth-order valence-electron chi connectivity index (χ4n) is 3.21. The van der Waals surface area contributed by atoms with Gasteiger partial charge in [0.15, 0.2) is 5.69 Å². The molecule has 10 heteroatoms. The van der Waals surface area contributed by atoms with E-state index in [1.54, 1.807) is 40.5 Å². The van der Waals surface area contributed by atoms with E-state index in [2.05, 4.69) is 15.4 Å². The first-order chi connectivity index (χ1) is 15.5. The zero-order valence-corrected chi connectivity index (χ0v) is 18.2. The highest BCUT2D eigenvalue weighted by Gasteiger charge is 2.25. The van der Waals surface area contributed by atoms with Crippen molar-refractivity contribution in [3.63, 3.8) is 0 Å². The first-order valence-corrected chi connectivity index (χ1v) is 10.2. The zero-order valence-electron chi connectivity index (χ0n) is 17.4. The Hall–Kier alpha value is -3.85. The van der Waals surface area contributed by atoms with Gasteiger partial charge in [-0.3, -0.25) is 9.20 Å². The maximum atomic E-state index is 12.7. The number of methoxy groups -OCH3 is 1. The summed E-state index contributed by atoms with van der Waals surface area (Å²) in [6.07, 6.45) is 3.37. The number of fused-ring (bicyclic) bond motifs is 1. The number of hydrogen-bond acceptors (Lipinski definition) is 7. The van der Waals surface area contributed by atoms with E-state index in [-0.39, 0.29) is 18.8 Å². The maximum absolute atomic E-state index is 12.7. The fraction of sp³-hybridized carbons (Fsp3) is 0.182. The van der Waals surface area contributed by atoms with Gasteiger partial charge in [0.05, 0.1) is 30.0 Å². The van der Waals surface area contributed by atoms with E-state index in [4.69, 9.17) is 21.1 Å². The summed E-state index contributed by atoms with van der Waals surface area (Å²) in [4.78, 5) is 29.2. The second-order valence-corrected chi connectivity index (χ2v) is 7.14. The summed E-state index contributed by atoms with van der Waals surface area (Å²) >= 11 is 6.18. The molecule has 0 aliphatic heterocycles. The van der Waals surface area contributed by atoms with Gasteiger partial charge in [0, 0.05) is 12.4 Å². The standard InChI is InChI=1S/C22H20ClN5O4/c1-3-32-22(30)20-16(13-28(26-20)15-7-5-4-6-8-15)19-21(24-11-18(29)31-2)27-12-14(23)9-10-17(27)25-19/h4-10,12-13,24H,3,11H2,1-2H3. The molecule has 3 aromatic heterocycles. The first kappa shape index (κ1) is 21.4. The topological polar surface area (TPSA) is 99.8 Å². The number of ether oxygens (including phenoxy) is 2. The van der Waals surface area contributed by atoms with Gasteiger partial charge >= 0.3 is 11.9 Å². The lowest BCUT2D eigenvalue weighted by atomic mass is 10.2. The van der Waals surface area contributed by atoms with Crippen molar-refractivity contribution in [2.24, 2.45) is 0 Å². The van der Waals surface area contributed by atoms with Crippen LogP contribution in [-0.2, 0) is 14.3 Å². The number of nitrogens with one attached hydrogen (secondary N) is 1. The van der Waals surface area contributed by atoms with Crippen molar-refractivity contribution < 1.29 is 19.1 Å². The molecule has 0 saturated heterocycles. The van der Waals surface area contributed by atoms with Crippen LogP contribution in [0.1, 0.15) is 17.4 Å². The quantitative estimate of drug-likeness (QED) is 0.427. The summed E-state index contributed by atoms with van der Waals surface area (Å²) in [6, 6.07) is 12.8. The average Bonchev–Trinajstić information content (AvgIpc) is 3.40. The third-order valence-corrected chi connectivity index (χ3v) is 4.89. The van der Waals surface area contributed by atoms with Gasteiger partial charge in [-0.05, 0) is 31.2 Å². The lowest BCUT2D eigenvalue weighted by Crippen LogP contribution is -2.16. The maximum Gasteiger partial charge on any atom is 0.359 e. The fourth-order valence-corrected chi connectivity index (χ4v) is 3.37. The molecule has 0 aliphatic carbocycles. The van der Waals surface area contributed by atoms with Gasteiger partial charge in [0.1, 0.15) is 23.7 Å². The first-order valence-electron chi connectivity index (χ1n) is 9.82. The zero-order chi connectivity index (χ0) is 22.7. The smallest absolute Gasteiger partial charge is 0.359 e. The molecule has 9 nitrogen and oxygen atoms in total. The molecule has 0 saturated carbocycles. The van der Waals surface area contributed by atoms with Crippen molar-refractivity contribution in [3.8, 4) is 16.9 Å². The summed E-state index contributed by atoms with van der Waals surface area (Å²) in [6.45, 7) is 1.82. The minimum atomic E-state index is -0.578. The summed E-state index contributed by atoms with van der Waals surface area (Å²) in [5, 5.41) is 7.98. The Morgan fingerprint density at radius 1 is 1.12 bits per heavy atom. The van der Waals surface area contributed by atoms with Gasteiger partial charge in [-0.2, -0.15) is 5.10 Å². The van der Waals surface area contributed by atoms with Gasteiger partial charge in [-0.1, -0.05) is 29.8 Å². The minimum Gasteiger partial charge on any atom is -0.468 e. The number of nitrogens with zero attached hydrogens (tertiary/aromatic N) is 4. The van der Waals surface area contributed by atoms with Crippen LogP contribution in [-0.4, -0.2) is 51.4 Å². The van der Waals surface area contributed by atoms with E-state index in [1.165, 1.54) is 7.11 Å². The van der Waals surface area contributed by atoms with E-state index in [1.807, 2.05) is 30.3 Å². The molecule has 1 aromatic carbocycles. The lowest BCUT2D eigenvalue weighted by molar-refractivity contribution is -0.138. The second-order valence-electron chi connectivity index (χ2n) is 6.71. The second kappa shape index (κ2) is 9.11. The van der Waals surface area contributed by atoms with Crippen LogP contribution in [0.5, 0.6) is 0 Å². The van der Waals surface area contributed by atoms with Crippen molar-refractivity contribution in [1.29, 1.82) is 0 Å². The minimum absolute atomic E-state index is 0.103. The van der Waals surface area contributed by atoms with Crippen LogP contribution in [0.3, 0.4) is 0 Å². The van der Waals surface area contributed by atoms with Crippen molar-refractivity contribution in [3.05, 3.63) is 65.6 Å². The number of anilines is 1. The van der Waals surface area contributed by atoms with Crippen LogP contribution in [0.25, 0.3) is 22.6 Å². The Labute approximate surface area is 188 Å². The summed E-state index contributed by atoms with van der Waals surface area (Å²) in [7, 11) is 1.30. The van der Waals surface area contributed by atoms with Gasteiger partial charge in [-0.15, -0.1) is 0 Å². The van der Waals surface area contributed by atoms with Crippen LogP contribution >= 0.6 is 11.6 Å². The number of aromatic nitrogens is 4. The van der Waals surface area contributed by atoms with Crippen LogP contribution in [0.15, 0.2) is 54.9 Å². The Morgan fingerprint density at radius 2 is 1.91 bits per heavy atom. The molecule has 1 N–H and O–H groups in total. The van der Waals surface area contributed by atoms with E-state index >= 15 is 0 Å². The molecule has 0 aliphatic rings. The number of imidazole rings is 1. The van der Waals surface area contributed by atoms with Crippen LogP contribution in [0, 0.1) is 0 Å². The van der Waals surface area contributed by atoms with Crippen molar-refractivity contribution in [2.45, 2.75) is 6.92 Å². The highest BCUT2D eigenvalue weighted by Crippen LogP contribution is 2.33. The molecule has 0 spiro atoms. The Bertz CT molecular complexity index is 1280. The van der Waals surface area contributed by atoms with E-state index < -0.39 is 11.9 Å². The third kappa shape index (κ3) is 4.15. The molecule has 0 amide bonds. The molecule has 4 aromatic rings. The van der Waals surface area contributed by atoms with Crippen LogP contribution < -0.4 is 5.32 Å². The number of carbonyl (C=O) groups is 2. The largest absolute Gasteiger partial charge is 0.468 e. The molecular formula is C22H20ClN5O4. The summed E-state index contributed by atoms with van der Waals surface area (Å²) in [5.74, 6) is -0.573. The van der Waals surface area contributed by atoms with Gasteiger partial charge in [-0.25, -0.2) is 14.5 Å². The molecule has 3 heterocycles. The van der Waals surface area contributed by atoms with E-state index in [9.17, 15) is 9.59 Å². The molecule has 164 valence electrons. The molecule has 0 bridgehead atoms. The average molecular weight is 454 g/mol. The van der Waals surface area contributed by atoms with Crippen LogP contribution in [0.2, 0.25) is 5.02 Å². The SMILES string of the molecule is CCOC(=O)c1nn(-c2ccccc2)cc1-c1nc2ccc(Cl)cn2c1NCC(=O)OC. The number of esters is 2. The molecule has 0 fully saturated rings. The predicted molar refractivity (Wildman–Crippen MR) is 119 cm³/mol. The highest BCUT2D eigenvalue weighted by atomic mass is 35.5. The Balaban J connectivity index is 1.91. The molecule has 32 heavy (non-hydrogen) atoms. The van der Waals surface area contributed by atoms with Gasteiger partial charge < -0.3 is 14.8 Å². The summed E-state index contributed by atoms with van der Waals surface area (Å²) < 4.78 is 13.3. The Kier molecular flexibility index (Phi) is 6.09. The third-order valence-electron chi connectivity index (χ3n) is 4.67. The van der Waals surface area contributed by atoms with Gasteiger partial charge in [0.25, 0.3) is 0 Å². The Morgan fingerprint density at radius 3 is 2.62 bits per heavy atom. The predicted octanol–water partition coefficient (Wildman–Crippen LogP) is 3.60. The number of pyridine rings is 1. The van der Waals surface area contributed by atoms with E-state index in [0.29, 0.717) is 27.7 Å². The molecule has 0 atom stereocenters. The number of halogens is 1. The van der Waals surface area contributed by atoms with E-state index in [0.717, 1.165) is 5.69 Å². The molecular weight excluding hydrogens is 434 g/mol. The van der Waals surface area contributed by atoms with Crippen molar-refractivity contribution >= 4 is 35.0 Å². The number of para-hydroxylation sites is 1. The number of carbonyl (C=O) groups excluding carboxylic acids is 2. The number of rotatable bonds is 7. The normalized spacial score (nSPS) is 10.8. The van der Waals surface area contributed by atoms with Gasteiger partial charge in [0.2, 0.25) is 0 Å². The highest BCUT2D eigenvalue weighted by molar-refractivity contribution is 6.30.